The van der Waals surface area contributed by atoms with E-state index in [0.717, 1.165) is 6.07 Å². The van der Waals surface area contributed by atoms with Gasteiger partial charge < -0.3 is 5.11 Å². The minimum Gasteiger partial charge on any atom is -0.390 e. The van der Waals surface area contributed by atoms with Crippen LogP contribution in [-0.2, 0) is 5.92 Å². The van der Waals surface area contributed by atoms with Crippen molar-refractivity contribution in [3.63, 3.8) is 0 Å². The number of carbonyl (C=O) groups is 1. The van der Waals surface area contributed by atoms with Crippen molar-refractivity contribution < 1.29 is 18.7 Å². The number of rotatable bonds is 3. The van der Waals surface area contributed by atoms with Crippen LogP contribution in [0.15, 0.2) is 18.2 Å². The number of hydrogen-bond acceptors (Lipinski definition) is 2. The van der Waals surface area contributed by atoms with Crippen molar-refractivity contribution in [2.45, 2.75) is 12.8 Å². The fourth-order valence-corrected chi connectivity index (χ4v) is 1.57. The predicted octanol–water partition coefficient (Wildman–Crippen LogP) is 2.63. The van der Waals surface area contributed by atoms with Crippen LogP contribution in [0.2, 0.25) is 5.02 Å². The Morgan fingerprint density at radius 2 is 2.13 bits per heavy atom. The predicted molar refractivity (Wildman–Crippen MR) is 52.4 cm³/mol. The number of aliphatic hydroxyl groups excluding tert-OH is 1. The second-order valence-corrected chi connectivity index (χ2v) is 3.46. The molecule has 0 aliphatic heterocycles. The summed E-state index contributed by atoms with van der Waals surface area (Å²) >= 11 is 5.66. The van der Waals surface area contributed by atoms with Gasteiger partial charge in [0, 0.05) is 11.1 Å². The molecule has 5 heteroatoms. The average molecular weight is 235 g/mol. The maximum atomic E-state index is 13.1. The molecule has 0 saturated carbocycles. The van der Waals surface area contributed by atoms with Gasteiger partial charge in [-0.25, -0.2) is 0 Å². The number of alkyl halides is 2. The molecule has 0 amide bonds. The van der Waals surface area contributed by atoms with E-state index in [4.69, 9.17) is 16.7 Å². The molecule has 0 saturated heterocycles. The molecule has 82 valence electrons. The standard InChI is InChI=1S/C10H9ClF2O2/c1-6(15)7-3-2-4-8(9(7)11)10(12,13)5-14/h2-4,14H,5H2,1H3. The second-order valence-electron chi connectivity index (χ2n) is 3.09. The fourth-order valence-electron chi connectivity index (χ4n) is 1.17. The van der Waals surface area contributed by atoms with Gasteiger partial charge in [0.2, 0.25) is 0 Å². The second kappa shape index (κ2) is 4.24. The van der Waals surface area contributed by atoms with Crippen LogP contribution in [0.1, 0.15) is 22.8 Å². The third-order valence-electron chi connectivity index (χ3n) is 1.97. The molecule has 0 spiro atoms. The number of benzene rings is 1. The van der Waals surface area contributed by atoms with Gasteiger partial charge in [0.15, 0.2) is 5.78 Å². The average Bonchev–Trinajstić information content (AvgIpc) is 2.17. The molecule has 0 aliphatic carbocycles. The Morgan fingerprint density at radius 3 is 2.60 bits per heavy atom. The largest absolute Gasteiger partial charge is 0.390 e. The number of Topliss-reactive ketones (excluding diaryl/α,β-unsaturated/α-hetero) is 1. The topological polar surface area (TPSA) is 37.3 Å². The number of carbonyl (C=O) groups excluding carboxylic acids is 1. The Kier molecular flexibility index (Phi) is 3.42. The third kappa shape index (κ3) is 2.33. The van der Waals surface area contributed by atoms with Crippen LogP contribution in [0.3, 0.4) is 0 Å². The highest BCUT2D eigenvalue weighted by Crippen LogP contribution is 2.34. The van der Waals surface area contributed by atoms with Crippen molar-refractivity contribution in [2.24, 2.45) is 0 Å². The summed E-state index contributed by atoms with van der Waals surface area (Å²) in [6.45, 7) is -0.101. The van der Waals surface area contributed by atoms with E-state index in [1.165, 1.54) is 19.1 Å². The molecule has 15 heavy (non-hydrogen) atoms. The number of ketones is 1. The Morgan fingerprint density at radius 1 is 1.53 bits per heavy atom. The van der Waals surface area contributed by atoms with Crippen LogP contribution in [0.25, 0.3) is 0 Å². The number of halogens is 3. The number of hydrogen-bond donors (Lipinski definition) is 1. The Labute approximate surface area is 90.5 Å². The van der Waals surface area contributed by atoms with Gasteiger partial charge in [-0.1, -0.05) is 23.7 Å². The summed E-state index contributed by atoms with van der Waals surface area (Å²) in [6.07, 6.45) is 0. The molecule has 0 atom stereocenters. The van der Waals surface area contributed by atoms with Gasteiger partial charge in [-0.2, -0.15) is 8.78 Å². The summed E-state index contributed by atoms with van der Waals surface area (Å²) in [6, 6.07) is 3.76. The van der Waals surface area contributed by atoms with E-state index in [9.17, 15) is 13.6 Å². The maximum Gasteiger partial charge on any atom is 0.297 e. The van der Waals surface area contributed by atoms with E-state index in [1.54, 1.807) is 0 Å². The van der Waals surface area contributed by atoms with Crippen LogP contribution >= 0.6 is 11.6 Å². The van der Waals surface area contributed by atoms with Crippen LogP contribution < -0.4 is 0 Å². The fraction of sp³-hybridized carbons (Fsp3) is 0.300. The molecule has 0 radical (unpaired) electrons. The van der Waals surface area contributed by atoms with Crippen molar-refractivity contribution in [1.29, 1.82) is 0 Å². The van der Waals surface area contributed by atoms with Crippen LogP contribution in [0.4, 0.5) is 8.78 Å². The molecule has 0 heterocycles. The summed E-state index contributed by atoms with van der Waals surface area (Å²) in [5.41, 5.74) is -0.498. The first-order valence-electron chi connectivity index (χ1n) is 4.18. The highest BCUT2D eigenvalue weighted by Gasteiger charge is 2.33. The van der Waals surface area contributed by atoms with Crippen molar-refractivity contribution in [1.82, 2.24) is 0 Å². The maximum absolute atomic E-state index is 13.1. The van der Waals surface area contributed by atoms with Crippen LogP contribution in [0, 0.1) is 0 Å². The summed E-state index contributed by atoms with van der Waals surface area (Å²) in [5, 5.41) is 8.21. The normalized spacial score (nSPS) is 11.5. The van der Waals surface area contributed by atoms with E-state index in [2.05, 4.69) is 0 Å². The van der Waals surface area contributed by atoms with E-state index in [1.807, 2.05) is 0 Å². The first-order chi connectivity index (χ1) is 6.90. The lowest BCUT2D eigenvalue weighted by Gasteiger charge is -2.16. The molecule has 2 nitrogen and oxygen atoms in total. The minimum absolute atomic E-state index is 0.0299. The molecule has 1 aromatic rings. The quantitative estimate of drug-likeness (QED) is 0.817. The minimum atomic E-state index is -3.43. The van der Waals surface area contributed by atoms with Crippen molar-refractivity contribution in [3.8, 4) is 0 Å². The molecule has 0 bridgehead atoms. The van der Waals surface area contributed by atoms with E-state index in [-0.39, 0.29) is 10.6 Å². The zero-order valence-electron chi connectivity index (χ0n) is 7.93. The van der Waals surface area contributed by atoms with Crippen LogP contribution in [-0.4, -0.2) is 17.5 Å². The van der Waals surface area contributed by atoms with Crippen LogP contribution in [0.5, 0.6) is 0 Å². The molecular formula is C10H9ClF2O2. The third-order valence-corrected chi connectivity index (χ3v) is 2.38. The molecule has 1 N–H and O–H groups in total. The van der Waals surface area contributed by atoms with Gasteiger partial charge >= 0.3 is 0 Å². The lowest BCUT2D eigenvalue weighted by molar-refractivity contribution is -0.0555. The molecule has 0 fully saturated rings. The Hall–Kier alpha value is -1.00. The lowest BCUT2D eigenvalue weighted by atomic mass is 10.0. The SMILES string of the molecule is CC(=O)c1cccc(C(F)(F)CO)c1Cl. The summed E-state index contributed by atoms with van der Waals surface area (Å²) in [5.74, 6) is -3.82. The Bertz CT molecular complexity index is 391. The monoisotopic (exact) mass is 234 g/mol. The molecule has 0 aromatic heterocycles. The number of aliphatic hydroxyl groups is 1. The van der Waals surface area contributed by atoms with Crippen molar-refractivity contribution in [3.05, 3.63) is 34.3 Å². The first kappa shape index (κ1) is 12.1. The molecular weight excluding hydrogens is 226 g/mol. The zero-order chi connectivity index (χ0) is 11.6. The summed E-state index contributed by atoms with van der Waals surface area (Å²) < 4.78 is 26.3. The highest BCUT2D eigenvalue weighted by atomic mass is 35.5. The first-order valence-corrected chi connectivity index (χ1v) is 4.56. The molecule has 1 aromatic carbocycles. The molecule has 0 unspecified atom stereocenters. The van der Waals surface area contributed by atoms with Gasteiger partial charge in [0.1, 0.15) is 6.61 Å². The van der Waals surface area contributed by atoms with Gasteiger partial charge in [-0.3, -0.25) is 4.79 Å². The van der Waals surface area contributed by atoms with E-state index in [0.29, 0.717) is 0 Å². The van der Waals surface area contributed by atoms with Gasteiger partial charge in [0.25, 0.3) is 5.92 Å². The lowest BCUT2D eigenvalue weighted by Crippen LogP contribution is -2.19. The van der Waals surface area contributed by atoms with Gasteiger partial charge in [-0.05, 0) is 13.0 Å². The van der Waals surface area contributed by atoms with Gasteiger partial charge in [0.05, 0.1) is 5.02 Å². The van der Waals surface area contributed by atoms with Crippen molar-refractivity contribution >= 4 is 17.4 Å². The summed E-state index contributed by atoms with van der Waals surface area (Å²) in [7, 11) is 0. The van der Waals surface area contributed by atoms with Crippen molar-refractivity contribution in [2.75, 3.05) is 6.61 Å². The van der Waals surface area contributed by atoms with E-state index >= 15 is 0 Å². The smallest absolute Gasteiger partial charge is 0.297 e. The molecule has 0 aliphatic rings. The molecule has 1 rings (SSSR count). The highest BCUT2D eigenvalue weighted by molar-refractivity contribution is 6.34. The van der Waals surface area contributed by atoms with Gasteiger partial charge in [-0.15, -0.1) is 0 Å². The van der Waals surface area contributed by atoms with E-state index < -0.39 is 23.9 Å². The summed E-state index contributed by atoms with van der Waals surface area (Å²) in [4.78, 5) is 11.0. The zero-order valence-corrected chi connectivity index (χ0v) is 8.68. The Balaban J connectivity index is 3.33.